The molecule has 35 heavy (non-hydrogen) atoms. The van der Waals surface area contributed by atoms with E-state index in [1.807, 2.05) is 36.4 Å². The van der Waals surface area contributed by atoms with Crippen LogP contribution in [0.5, 0.6) is 0 Å². The molecule has 0 heterocycles. The zero-order chi connectivity index (χ0) is 24.8. The minimum absolute atomic E-state index is 0.000102. The summed E-state index contributed by atoms with van der Waals surface area (Å²) in [6, 6.07) is 23.2. The fraction of sp³-hybridized carbons (Fsp3) is 0.250. The first kappa shape index (κ1) is 24.0. The molecule has 180 valence electrons. The predicted molar refractivity (Wildman–Crippen MR) is 133 cm³/mol. The topological polar surface area (TPSA) is 105 Å². The summed E-state index contributed by atoms with van der Waals surface area (Å²) in [4.78, 5) is 35.1. The van der Waals surface area contributed by atoms with Gasteiger partial charge < -0.3 is 15.2 Å². The van der Waals surface area contributed by atoms with E-state index < -0.39 is 18.1 Å². The Morgan fingerprint density at radius 1 is 0.914 bits per heavy atom. The Labute approximate surface area is 204 Å². The highest BCUT2D eigenvalue weighted by molar-refractivity contribution is 5.85. The van der Waals surface area contributed by atoms with Gasteiger partial charge in [0, 0.05) is 24.1 Å². The van der Waals surface area contributed by atoms with Crippen LogP contribution in [-0.4, -0.2) is 35.7 Å². The van der Waals surface area contributed by atoms with E-state index in [1.54, 1.807) is 19.1 Å². The lowest BCUT2D eigenvalue weighted by molar-refractivity contribution is -0.137. The molecule has 3 aromatic carbocycles. The Kier molecular flexibility index (Phi) is 7.45. The van der Waals surface area contributed by atoms with Gasteiger partial charge in [-0.1, -0.05) is 60.7 Å². The van der Waals surface area contributed by atoms with Crippen molar-refractivity contribution in [3.8, 4) is 11.1 Å². The molecule has 1 atom stereocenters. The molecule has 0 fully saturated rings. The van der Waals surface area contributed by atoms with Crippen molar-refractivity contribution < 1.29 is 24.2 Å². The highest BCUT2D eigenvalue weighted by Gasteiger charge is 2.29. The molecule has 0 aromatic heterocycles. The third kappa shape index (κ3) is 6.06. The number of carboxylic acids is 1. The molecule has 4 rings (SSSR count). The van der Waals surface area contributed by atoms with E-state index in [4.69, 9.17) is 9.84 Å². The average Bonchev–Trinajstić information content (AvgIpc) is 3.15. The number of ether oxygens (including phenoxy) is 1. The molecule has 0 unspecified atom stereocenters. The zero-order valence-corrected chi connectivity index (χ0v) is 19.5. The first-order valence-corrected chi connectivity index (χ1v) is 11.6. The Bertz CT molecular complexity index is 1180. The predicted octanol–water partition coefficient (Wildman–Crippen LogP) is 4.96. The number of carbonyl (C=O) groups excluding carboxylic acids is 2. The third-order valence-electron chi connectivity index (χ3n) is 6.07. The number of hydrogen-bond acceptors (Lipinski definition) is 4. The molecule has 3 aromatic rings. The lowest BCUT2D eigenvalue weighted by atomic mass is 9.98. The van der Waals surface area contributed by atoms with Crippen LogP contribution in [0.2, 0.25) is 0 Å². The van der Waals surface area contributed by atoms with E-state index in [-0.39, 0.29) is 31.3 Å². The molecule has 2 amide bonds. The third-order valence-corrected chi connectivity index (χ3v) is 6.07. The number of carboxylic acid groups (broad SMARTS) is 1. The molecule has 3 N–H and O–H groups in total. The second-order valence-corrected chi connectivity index (χ2v) is 8.71. The Morgan fingerprint density at radius 3 is 2.11 bits per heavy atom. The number of anilines is 1. The van der Waals surface area contributed by atoms with Crippen molar-refractivity contribution in [2.24, 2.45) is 0 Å². The Hall–Kier alpha value is -4.13. The minimum atomic E-state index is -0.947. The fourth-order valence-corrected chi connectivity index (χ4v) is 4.42. The molecule has 0 radical (unpaired) electrons. The van der Waals surface area contributed by atoms with Gasteiger partial charge in [0.25, 0.3) is 0 Å². The number of nitrogens with one attached hydrogen (secondary N) is 2. The van der Waals surface area contributed by atoms with Crippen LogP contribution in [0.3, 0.4) is 0 Å². The smallest absolute Gasteiger partial charge is 0.411 e. The molecule has 0 saturated carbocycles. The largest absolute Gasteiger partial charge is 0.481 e. The van der Waals surface area contributed by atoms with Gasteiger partial charge in [-0.05, 0) is 53.3 Å². The van der Waals surface area contributed by atoms with Crippen LogP contribution >= 0.6 is 0 Å². The number of rotatable bonds is 9. The van der Waals surface area contributed by atoms with Crippen LogP contribution in [0.1, 0.15) is 42.4 Å². The van der Waals surface area contributed by atoms with Crippen molar-refractivity contribution in [1.82, 2.24) is 5.32 Å². The van der Waals surface area contributed by atoms with E-state index in [0.717, 1.165) is 16.7 Å². The quantitative estimate of drug-likeness (QED) is 0.408. The van der Waals surface area contributed by atoms with E-state index in [0.29, 0.717) is 12.1 Å². The number of amides is 2. The minimum Gasteiger partial charge on any atom is -0.481 e. The average molecular weight is 473 g/mol. The van der Waals surface area contributed by atoms with Crippen LogP contribution in [-0.2, 0) is 20.7 Å². The second-order valence-electron chi connectivity index (χ2n) is 8.71. The Balaban J connectivity index is 1.26. The molecule has 1 aliphatic rings. The number of aryl methyl sites for hydroxylation is 1. The highest BCUT2D eigenvalue weighted by Crippen LogP contribution is 2.44. The first-order chi connectivity index (χ1) is 16.9. The summed E-state index contributed by atoms with van der Waals surface area (Å²) >= 11 is 0. The van der Waals surface area contributed by atoms with Crippen molar-refractivity contribution in [2.45, 2.75) is 38.1 Å². The lowest BCUT2D eigenvalue weighted by Crippen LogP contribution is -2.34. The standard InChI is InChI=1S/C28H28N2O5/c1-18(16-27(32)33)29-26(31)15-12-19-10-13-20(14-11-19)30-28(34)35-17-25-23-8-4-2-6-21(23)22-7-3-5-9-24(22)25/h2-11,13-14,18,25H,12,15-17H2,1H3,(H,29,31)(H,30,34)(H,32,33)/t18-/m0/s1. The van der Waals surface area contributed by atoms with Gasteiger partial charge in [-0.3, -0.25) is 14.9 Å². The molecule has 0 bridgehead atoms. The van der Waals surface area contributed by atoms with Gasteiger partial charge in [0.2, 0.25) is 5.91 Å². The van der Waals surface area contributed by atoms with Gasteiger partial charge in [-0.15, -0.1) is 0 Å². The zero-order valence-electron chi connectivity index (χ0n) is 19.5. The fourth-order valence-electron chi connectivity index (χ4n) is 4.42. The van der Waals surface area contributed by atoms with E-state index in [9.17, 15) is 14.4 Å². The van der Waals surface area contributed by atoms with Gasteiger partial charge in [0.1, 0.15) is 6.61 Å². The number of carbonyl (C=O) groups is 3. The number of hydrogen-bond donors (Lipinski definition) is 3. The van der Waals surface area contributed by atoms with E-state index in [1.165, 1.54) is 11.1 Å². The van der Waals surface area contributed by atoms with Crippen molar-refractivity contribution in [3.63, 3.8) is 0 Å². The van der Waals surface area contributed by atoms with E-state index >= 15 is 0 Å². The molecule has 0 spiro atoms. The van der Waals surface area contributed by atoms with E-state index in [2.05, 4.69) is 34.9 Å². The second kappa shape index (κ2) is 10.9. The van der Waals surface area contributed by atoms with Crippen LogP contribution in [0.4, 0.5) is 10.5 Å². The molecule has 1 aliphatic carbocycles. The SMILES string of the molecule is C[C@@H](CC(=O)O)NC(=O)CCc1ccc(NC(=O)OCC2c3ccccc3-c3ccccc32)cc1. The summed E-state index contributed by atoms with van der Waals surface area (Å²) in [6.45, 7) is 1.91. The molecule has 7 heteroatoms. The summed E-state index contributed by atoms with van der Waals surface area (Å²) < 4.78 is 5.57. The maximum Gasteiger partial charge on any atom is 0.411 e. The summed E-state index contributed by atoms with van der Waals surface area (Å²) in [7, 11) is 0. The van der Waals surface area contributed by atoms with Crippen molar-refractivity contribution >= 4 is 23.7 Å². The van der Waals surface area contributed by atoms with Gasteiger partial charge in [0.15, 0.2) is 0 Å². The van der Waals surface area contributed by atoms with Gasteiger partial charge in [-0.25, -0.2) is 4.79 Å². The van der Waals surface area contributed by atoms with Crippen molar-refractivity contribution in [3.05, 3.63) is 89.5 Å². The normalized spacial score (nSPS) is 12.8. The Morgan fingerprint density at radius 2 is 1.51 bits per heavy atom. The number of fused-ring (bicyclic) bond motifs is 3. The first-order valence-electron chi connectivity index (χ1n) is 11.6. The van der Waals surface area contributed by atoms with Crippen LogP contribution in [0, 0.1) is 0 Å². The van der Waals surface area contributed by atoms with Gasteiger partial charge in [0.05, 0.1) is 6.42 Å². The maximum atomic E-state index is 12.4. The van der Waals surface area contributed by atoms with Gasteiger partial charge in [-0.2, -0.15) is 0 Å². The molecule has 0 saturated heterocycles. The van der Waals surface area contributed by atoms with Crippen molar-refractivity contribution in [2.75, 3.05) is 11.9 Å². The molecule has 0 aliphatic heterocycles. The summed E-state index contributed by atoms with van der Waals surface area (Å²) in [5, 5.41) is 14.2. The summed E-state index contributed by atoms with van der Waals surface area (Å²) in [5.41, 5.74) is 6.21. The molecule has 7 nitrogen and oxygen atoms in total. The number of benzene rings is 3. The van der Waals surface area contributed by atoms with Crippen LogP contribution < -0.4 is 10.6 Å². The molecular weight excluding hydrogens is 444 g/mol. The summed E-state index contributed by atoms with van der Waals surface area (Å²) in [5.74, 6) is -1.14. The van der Waals surface area contributed by atoms with Crippen molar-refractivity contribution in [1.29, 1.82) is 0 Å². The van der Waals surface area contributed by atoms with Crippen LogP contribution in [0.15, 0.2) is 72.8 Å². The molecular formula is C28H28N2O5. The van der Waals surface area contributed by atoms with Crippen LogP contribution in [0.25, 0.3) is 11.1 Å². The number of aliphatic carboxylic acids is 1. The monoisotopic (exact) mass is 472 g/mol. The summed E-state index contributed by atoms with van der Waals surface area (Å²) in [6.07, 6.45) is 0.133. The maximum absolute atomic E-state index is 12.4. The highest BCUT2D eigenvalue weighted by atomic mass is 16.5. The van der Waals surface area contributed by atoms with Gasteiger partial charge >= 0.3 is 12.1 Å². The lowest BCUT2D eigenvalue weighted by Gasteiger charge is -2.15.